The Hall–Kier alpha value is -1.07. The molecule has 18 heavy (non-hydrogen) atoms. The van der Waals surface area contributed by atoms with E-state index in [2.05, 4.69) is 26.6 Å². The quantitative estimate of drug-likeness (QED) is 0.800. The molecule has 1 aliphatic rings. The van der Waals surface area contributed by atoms with Gasteiger partial charge >= 0.3 is 6.03 Å². The van der Waals surface area contributed by atoms with Crippen molar-refractivity contribution in [3.63, 3.8) is 0 Å². The van der Waals surface area contributed by atoms with Gasteiger partial charge < -0.3 is 15.7 Å². The molecule has 0 saturated heterocycles. The number of nitrogens with one attached hydrogen (secondary N) is 2. The lowest BCUT2D eigenvalue weighted by molar-refractivity contribution is 0.159. The van der Waals surface area contributed by atoms with E-state index in [4.69, 9.17) is 0 Å². The summed E-state index contributed by atoms with van der Waals surface area (Å²) in [6, 6.07) is 7.11. The van der Waals surface area contributed by atoms with Crippen LogP contribution < -0.4 is 10.6 Å². The van der Waals surface area contributed by atoms with Gasteiger partial charge in [0.25, 0.3) is 0 Å². The molecule has 1 aliphatic carbocycles. The van der Waals surface area contributed by atoms with Crippen LogP contribution in [0.2, 0.25) is 0 Å². The third-order valence-electron chi connectivity index (χ3n) is 3.29. The number of benzene rings is 1. The Balaban J connectivity index is 1.96. The largest absolute Gasteiger partial charge is 0.394 e. The molecular formula is C13H17BrN2O2. The van der Waals surface area contributed by atoms with Crippen molar-refractivity contribution in [2.45, 2.75) is 25.3 Å². The number of urea groups is 1. The van der Waals surface area contributed by atoms with Gasteiger partial charge in [-0.1, -0.05) is 22.0 Å². The zero-order valence-electron chi connectivity index (χ0n) is 10.2. The van der Waals surface area contributed by atoms with E-state index in [0.29, 0.717) is 5.92 Å². The summed E-state index contributed by atoms with van der Waals surface area (Å²) in [7, 11) is 0. The molecule has 1 saturated carbocycles. The Labute approximate surface area is 115 Å². The van der Waals surface area contributed by atoms with Crippen molar-refractivity contribution >= 4 is 27.6 Å². The summed E-state index contributed by atoms with van der Waals surface area (Å²) in [5, 5.41) is 15.0. The van der Waals surface area contributed by atoms with E-state index >= 15 is 0 Å². The summed E-state index contributed by atoms with van der Waals surface area (Å²) < 4.78 is 0.910. The lowest BCUT2D eigenvalue weighted by Crippen LogP contribution is -2.52. The minimum Gasteiger partial charge on any atom is -0.394 e. The number of hydrogen-bond donors (Lipinski definition) is 3. The number of anilines is 1. The molecule has 0 aromatic heterocycles. The predicted octanol–water partition coefficient (Wildman–Crippen LogP) is 2.73. The Morgan fingerprint density at radius 1 is 1.56 bits per heavy atom. The Morgan fingerprint density at radius 2 is 2.28 bits per heavy atom. The number of amides is 2. The van der Waals surface area contributed by atoms with Crippen LogP contribution in [-0.2, 0) is 0 Å². The number of carbonyl (C=O) groups excluding carboxylic acids is 1. The fraction of sp³-hybridized carbons (Fsp3) is 0.462. The van der Waals surface area contributed by atoms with Gasteiger partial charge in [-0.25, -0.2) is 4.79 Å². The minimum atomic E-state index is -0.518. The van der Waals surface area contributed by atoms with Crippen LogP contribution in [0.1, 0.15) is 19.8 Å². The molecule has 5 heteroatoms. The van der Waals surface area contributed by atoms with E-state index in [9.17, 15) is 9.90 Å². The van der Waals surface area contributed by atoms with Gasteiger partial charge in [-0.05, 0) is 43.9 Å². The third-order valence-corrected chi connectivity index (χ3v) is 3.78. The molecule has 98 valence electrons. The van der Waals surface area contributed by atoms with Crippen molar-refractivity contribution < 1.29 is 9.90 Å². The molecule has 0 aliphatic heterocycles. The summed E-state index contributed by atoms with van der Waals surface area (Å²) in [5.41, 5.74) is 0.203. The third kappa shape index (κ3) is 3.23. The second kappa shape index (κ2) is 5.28. The Kier molecular flexibility index (Phi) is 3.92. The van der Waals surface area contributed by atoms with E-state index in [1.165, 1.54) is 0 Å². The number of rotatable bonds is 4. The highest BCUT2D eigenvalue weighted by Crippen LogP contribution is 2.39. The SMILES string of the molecule is CC(CO)(NC(=O)Nc1cccc(Br)c1)C1CC1. The van der Waals surface area contributed by atoms with Crippen molar-refractivity contribution in [2.24, 2.45) is 5.92 Å². The van der Waals surface area contributed by atoms with Gasteiger partial charge in [-0.2, -0.15) is 0 Å². The molecular weight excluding hydrogens is 296 g/mol. The number of aliphatic hydroxyl groups excluding tert-OH is 1. The zero-order valence-corrected chi connectivity index (χ0v) is 11.8. The minimum absolute atomic E-state index is 0.0381. The summed E-state index contributed by atoms with van der Waals surface area (Å²) >= 11 is 3.35. The summed E-state index contributed by atoms with van der Waals surface area (Å²) in [6.07, 6.45) is 2.13. The molecule has 0 heterocycles. The molecule has 1 aromatic carbocycles. The second-order valence-corrected chi connectivity index (χ2v) is 5.86. The molecule has 0 spiro atoms. The lowest BCUT2D eigenvalue weighted by atomic mass is 9.97. The van der Waals surface area contributed by atoms with Gasteiger partial charge in [0.15, 0.2) is 0 Å². The van der Waals surface area contributed by atoms with Gasteiger partial charge in [-0.3, -0.25) is 0 Å². The number of halogens is 1. The van der Waals surface area contributed by atoms with Crippen molar-refractivity contribution in [2.75, 3.05) is 11.9 Å². The maximum absolute atomic E-state index is 11.9. The molecule has 1 atom stereocenters. The molecule has 3 N–H and O–H groups in total. The monoisotopic (exact) mass is 312 g/mol. The van der Waals surface area contributed by atoms with Crippen molar-refractivity contribution in [1.29, 1.82) is 0 Å². The first-order valence-corrected chi connectivity index (χ1v) is 6.78. The molecule has 2 amide bonds. The summed E-state index contributed by atoms with van der Waals surface area (Å²) in [5.74, 6) is 0.385. The molecule has 1 unspecified atom stereocenters. The highest BCUT2D eigenvalue weighted by Gasteiger charge is 2.42. The smallest absolute Gasteiger partial charge is 0.319 e. The topological polar surface area (TPSA) is 61.4 Å². The maximum Gasteiger partial charge on any atom is 0.319 e. The van der Waals surface area contributed by atoms with Crippen LogP contribution in [0.25, 0.3) is 0 Å². The normalized spacial score (nSPS) is 17.9. The van der Waals surface area contributed by atoms with E-state index in [-0.39, 0.29) is 12.6 Å². The van der Waals surface area contributed by atoms with Crippen LogP contribution in [0, 0.1) is 5.92 Å². The molecule has 0 radical (unpaired) electrons. The first-order chi connectivity index (χ1) is 8.53. The molecule has 1 fully saturated rings. The summed E-state index contributed by atoms with van der Waals surface area (Å²) in [6.45, 7) is 1.84. The van der Waals surface area contributed by atoms with E-state index < -0.39 is 5.54 Å². The Morgan fingerprint density at radius 3 is 2.83 bits per heavy atom. The molecule has 0 bridgehead atoms. The number of aliphatic hydroxyl groups is 1. The fourth-order valence-electron chi connectivity index (χ4n) is 1.98. The van der Waals surface area contributed by atoms with Gasteiger partial charge in [0.1, 0.15) is 0 Å². The molecule has 1 aromatic rings. The van der Waals surface area contributed by atoms with Crippen molar-refractivity contribution in [1.82, 2.24) is 5.32 Å². The van der Waals surface area contributed by atoms with Crippen molar-refractivity contribution in [3.8, 4) is 0 Å². The Bertz CT molecular complexity index is 448. The highest BCUT2D eigenvalue weighted by molar-refractivity contribution is 9.10. The molecule has 2 rings (SSSR count). The maximum atomic E-state index is 11.9. The average molecular weight is 313 g/mol. The standard InChI is InChI=1S/C13H17BrN2O2/c1-13(8-17,9-5-6-9)16-12(18)15-11-4-2-3-10(14)7-11/h2-4,7,9,17H,5-6,8H2,1H3,(H2,15,16,18). The van der Waals surface area contributed by atoms with Crippen LogP contribution >= 0.6 is 15.9 Å². The van der Waals surface area contributed by atoms with Crippen LogP contribution in [0.3, 0.4) is 0 Å². The fourth-order valence-corrected chi connectivity index (χ4v) is 2.38. The highest BCUT2D eigenvalue weighted by atomic mass is 79.9. The average Bonchev–Trinajstić information content (AvgIpc) is 3.12. The van der Waals surface area contributed by atoms with Crippen LogP contribution in [0.5, 0.6) is 0 Å². The van der Waals surface area contributed by atoms with Gasteiger partial charge in [0, 0.05) is 10.2 Å². The number of carbonyl (C=O) groups is 1. The van der Waals surface area contributed by atoms with Crippen LogP contribution in [-0.4, -0.2) is 23.3 Å². The van der Waals surface area contributed by atoms with Gasteiger partial charge in [0.2, 0.25) is 0 Å². The van der Waals surface area contributed by atoms with E-state index in [0.717, 1.165) is 23.0 Å². The van der Waals surface area contributed by atoms with Crippen LogP contribution in [0.4, 0.5) is 10.5 Å². The van der Waals surface area contributed by atoms with E-state index in [1.807, 2.05) is 31.2 Å². The van der Waals surface area contributed by atoms with Crippen LogP contribution in [0.15, 0.2) is 28.7 Å². The first kappa shape index (κ1) is 13.4. The molecule has 4 nitrogen and oxygen atoms in total. The summed E-state index contributed by atoms with van der Waals surface area (Å²) in [4.78, 5) is 11.9. The predicted molar refractivity (Wildman–Crippen MR) is 74.5 cm³/mol. The number of hydrogen-bond acceptors (Lipinski definition) is 2. The van der Waals surface area contributed by atoms with E-state index in [1.54, 1.807) is 0 Å². The van der Waals surface area contributed by atoms with Crippen molar-refractivity contribution in [3.05, 3.63) is 28.7 Å². The lowest BCUT2D eigenvalue weighted by Gasteiger charge is -2.28. The zero-order chi connectivity index (χ0) is 13.2. The first-order valence-electron chi connectivity index (χ1n) is 5.99. The second-order valence-electron chi connectivity index (χ2n) is 4.94. The van der Waals surface area contributed by atoms with Gasteiger partial charge in [0.05, 0.1) is 12.1 Å². The van der Waals surface area contributed by atoms with Gasteiger partial charge in [-0.15, -0.1) is 0 Å².